The Hall–Kier alpha value is -4.04. The molecule has 3 N–H and O–H groups in total. The van der Waals surface area contributed by atoms with Crippen molar-refractivity contribution in [2.45, 2.75) is 20.8 Å². The zero-order valence-corrected chi connectivity index (χ0v) is 21.3. The summed E-state index contributed by atoms with van der Waals surface area (Å²) in [6.07, 6.45) is 0. The fraction of sp³-hybridized carbons (Fsp3) is 0.286. The van der Waals surface area contributed by atoms with E-state index in [9.17, 15) is 9.59 Å². The number of nitrogens with one attached hydrogen (secondary N) is 3. The van der Waals surface area contributed by atoms with Gasteiger partial charge in [0.1, 0.15) is 17.2 Å². The normalized spacial score (nSPS) is 10.6. The van der Waals surface area contributed by atoms with Gasteiger partial charge in [-0.15, -0.1) is 0 Å². The first-order valence-corrected chi connectivity index (χ1v) is 12.0. The predicted octanol–water partition coefficient (Wildman–Crippen LogP) is 5.51. The zero-order valence-electron chi connectivity index (χ0n) is 21.3. The molecule has 0 aliphatic heterocycles. The summed E-state index contributed by atoms with van der Waals surface area (Å²) >= 11 is 0. The van der Waals surface area contributed by atoms with Gasteiger partial charge in [-0.25, -0.2) is 4.79 Å². The largest absolute Gasteiger partial charge is 0.496 e. The van der Waals surface area contributed by atoms with Crippen molar-refractivity contribution in [3.05, 3.63) is 77.9 Å². The number of urea groups is 1. The van der Waals surface area contributed by atoms with Gasteiger partial charge in [0.25, 0.3) is 5.91 Å². The first-order valence-electron chi connectivity index (χ1n) is 12.0. The molecule has 0 unspecified atom stereocenters. The summed E-state index contributed by atoms with van der Waals surface area (Å²) in [5.41, 5.74) is 2.42. The minimum Gasteiger partial charge on any atom is -0.496 e. The average Bonchev–Trinajstić information content (AvgIpc) is 2.88. The molecule has 0 saturated heterocycles. The van der Waals surface area contributed by atoms with Gasteiger partial charge in [-0.2, -0.15) is 0 Å². The zero-order chi connectivity index (χ0) is 25.9. The molecule has 3 aromatic carbocycles. The number of carbonyl (C=O) groups is 2. The lowest BCUT2D eigenvalue weighted by Crippen LogP contribution is -2.34. The number of ether oxygens (including phenoxy) is 2. The average molecular weight is 491 g/mol. The Morgan fingerprint density at radius 2 is 1.53 bits per heavy atom. The van der Waals surface area contributed by atoms with Crippen LogP contribution in [0, 0.1) is 6.92 Å². The number of likely N-dealkylation sites (N-methyl/N-ethyl adjacent to an activating group) is 1. The minimum absolute atomic E-state index is 0.219. The van der Waals surface area contributed by atoms with E-state index in [0.29, 0.717) is 35.0 Å². The smallest absolute Gasteiger partial charge is 0.323 e. The molecule has 36 heavy (non-hydrogen) atoms. The lowest BCUT2D eigenvalue weighted by Gasteiger charge is -2.18. The van der Waals surface area contributed by atoms with Crippen molar-refractivity contribution in [3.8, 4) is 17.2 Å². The van der Waals surface area contributed by atoms with Crippen LogP contribution < -0.4 is 25.4 Å². The second-order valence-corrected chi connectivity index (χ2v) is 8.17. The maximum atomic E-state index is 12.6. The molecule has 0 aromatic heterocycles. The van der Waals surface area contributed by atoms with E-state index in [1.165, 1.54) is 7.11 Å². The number of para-hydroxylation sites is 1. The van der Waals surface area contributed by atoms with Crippen LogP contribution in [0.4, 0.5) is 16.2 Å². The third kappa shape index (κ3) is 7.48. The highest BCUT2D eigenvalue weighted by Crippen LogP contribution is 2.27. The van der Waals surface area contributed by atoms with Crippen molar-refractivity contribution >= 4 is 23.3 Å². The molecule has 8 nitrogen and oxygen atoms in total. The molecule has 0 saturated carbocycles. The van der Waals surface area contributed by atoms with Gasteiger partial charge in [0.2, 0.25) is 0 Å². The van der Waals surface area contributed by atoms with Crippen LogP contribution in [0.15, 0.2) is 66.7 Å². The molecule has 0 fully saturated rings. The predicted molar refractivity (Wildman–Crippen MR) is 143 cm³/mol. The van der Waals surface area contributed by atoms with Crippen LogP contribution in [0.1, 0.15) is 29.8 Å². The van der Waals surface area contributed by atoms with Gasteiger partial charge in [0, 0.05) is 30.5 Å². The number of hydrogen-bond acceptors (Lipinski definition) is 5. The van der Waals surface area contributed by atoms with E-state index in [1.807, 2.05) is 49.4 Å². The molecule has 0 bridgehead atoms. The van der Waals surface area contributed by atoms with Crippen molar-refractivity contribution in [3.63, 3.8) is 0 Å². The Kier molecular flexibility index (Phi) is 9.71. The van der Waals surface area contributed by atoms with Crippen molar-refractivity contribution < 1.29 is 19.1 Å². The summed E-state index contributed by atoms with van der Waals surface area (Å²) in [4.78, 5) is 27.4. The van der Waals surface area contributed by atoms with Crippen molar-refractivity contribution in [2.75, 3.05) is 43.9 Å². The molecule has 0 aliphatic rings. The summed E-state index contributed by atoms with van der Waals surface area (Å²) in [5, 5.41) is 8.52. The van der Waals surface area contributed by atoms with Gasteiger partial charge in [-0.3, -0.25) is 4.79 Å². The molecule has 190 valence electrons. The third-order valence-corrected chi connectivity index (χ3v) is 5.72. The summed E-state index contributed by atoms with van der Waals surface area (Å²) in [7, 11) is 1.49. The van der Waals surface area contributed by atoms with Crippen LogP contribution in [-0.4, -0.2) is 50.1 Å². The lowest BCUT2D eigenvalue weighted by atomic mass is 10.1. The van der Waals surface area contributed by atoms with Gasteiger partial charge in [-0.05, 0) is 68.0 Å². The van der Waals surface area contributed by atoms with Crippen molar-refractivity contribution in [1.82, 2.24) is 10.2 Å². The van der Waals surface area contributed by atoms with E-state index in [4.69, 9.17) is 9.47 Å². The molecular weight excluding hydrogens is 456 g/mol. The second-order valence-electron chi connectivity index (χ2n) is 8.17. The van der Waals surface area contributed by atoms with E-state index in [1.54, 1.807) is 24.3 Å². The van der Waals surface area contributed by atoms with E-state index in [0.717, 1.165) is 30.9 Å². The number of anilines is 2. The number of benzene rings is 3. The highest BCUT2D eigenvalue weighted by Gasteiger charge is 2.14. The SMILES string of the molecule is CCN(CC)CCNC(=O)c1ccc(NC(=O)Nc2ccc(Oc3ccccc3)c(C)c2)cc1OC. The molecule has 3 amide bonds. The summed E-state index contributed by atoms with van der Waals surface area (Å²) in [5.74, 6) is 1.62. The van der Waals surface area contributed by atoms with Crippen LogP contribution in [0.3, 0.4) is 0 Å². The Morgan fingerprint density at radius 1 is 0.861 bits per heavy atom. The highest BCUT2D eigenvalue weighted by atomic mass is 16.5. The van der Waals surface area contributed by atoms with Gasteiger partial charge in [0.15, 0.2) is 0 Å². The van der Waals surface area contributed by atoms with E-state index in [-0.39, 0.29) is 5.91 Å². The number of hydrogen-bond donors (Lipinski definition) is 3. The number of amides is 3. The minimum atomic E-state index is -0.412. The Morgan fingerprint density at radius 3 is 2.17 bits per heavy atom. The number of carbonyl (C=O) groups excluding carboxylic acids is 2. The van der Waals surface area contributed by atoms with E-state index < -0.39 is 6.03 Å². The molecule has 0 radical (unpaired) electrons. The highest BCUT2D eigenvalue weighted by molar-refractivity contribution is 6.01. The first-order chi connectivity index (χ1) is 17.4. The molecule has 0 heterocycles. The van der Waals surface area contributed by atoms with Gasteiger partial charge in [-0.1, -0.05) is 32.0 Å². The molecule has 0 atom stereocenters. The number of methoxy groups -OCH3 is 1. The van der Waals surface area contributed by atoms with Crippen molar-refractivity contribution in [1.29, 1.82) is 0 Å². The maximum absolute atomic E-state index is 12.6. The molecule has 0 spiro atoms. The van der Waals surface area contributed by atoms with Gasteiger partial charge >= 0.3 is 6.03 Å². The molecule has 8 heteroatoms. The van der Waals surface area contributed by atoms with Crippen LogP contribution >= 0.6 is 0 Å². The second kappa shape index (κ2) is 13.2. The fourth-order valence-corrected chi connectivity index (χ4v) is 3.67. The van der Waals surface area contributed by atoms with E-state index >= 15 is 0 Å². The van der Waals surface area contributed by atoms with Crippen LogP contribution in [-0.2, 0) is 0 Å². The number of nitrogens with zero attached hydrogens (tertiary/aromatic N) is 1. The first kappa shape index (κ1) is 26.6. The van der Waals surface area contributed by atoms with Gasteiger partial charge in [0.05, 0.1) is 12.7 Å². The monoisotopic (exact) mass is 490 g/mol. The van der Waals surface area contributed by atoms with Gasteiger partial charge < -0.3 is 30.3 Å². The molecule has 3 aromatic rings. The summed E-state index contributed by atoms with van der Waals surface area (Å²) < 4.78 is 11.3. The maximum Gasteiger partial charge on any atom is 0.323 e. The Labute approximate surface area is 212 Å². The number of rotatable bonds is 11. The standard InChI is InChI=1S/C28H34N4O4/c1-5-32(6-2)17-16-29-27(33)24-14-12-22(19-26(24)35-4)31-28(34)30-21-13-15-25(20(3)18-21)36-23-10-8-7-9-11-23/h7-15,18-19H,5-6,16-17H2,1-4H3,(H,29,33)(H2,30,31,34). The summed E-state index contributed by atoms with van der Waals surface area (Å²) in [6.45, 7) is 9.28. The lowest BCUT2D eigenvalue weighted by molar-refractivity contribution is 0.0946. The van der Waals surface area contributed by atoms with Crippen LogP contribution in [0.2, 0.25) is 0 Å². The van der Waals surface area contributed by atoms with Crippen LogP contribution in [0.5, 0.6) is 17.2 Å². The van der Waals surface area contributed by atoms with Crippen molar-refractivity contribution in [2.24, 2.45) is 0 Å². The fourth-order valence-electron chi connectivity index (χ4n) is 3.67. The molecular formula is C28H34N4O4. The topological polar surface area (TPSA) is 91.9 Å². The molecule has 0 aliphatic carbocycles. The Bertz CT molecular complexity index is 1160. The quantitative estimate of drug-likeness (QED) is 0.330. The molecule has 3 rings (SSSR count). The number of aryl methyl sites for hydroxylation is 1. The Balaban J connectivity index is 1.58. The van der Waals surface area contributed by atoms with Crippen LogP contribution in [0.25, 0.3) is 0 Å². The van der Waals surface area contributed by atoms with E-state index in [2.05, 4.69) is 34.7 Å². The third-order valence-electron chi connectivity index (χ3n) is 5.72. The summed E-state index contributed by atoms with van der Waals surface area (Å²) in [6, 6.07) is 19.5.